The third-order valence-electron chi connectivity index (χ3n) is 3.09. The molecule has 0 aromatic heterocycles. The fourth-order valence-corrected chi connectivity index (χ4v) is 2.01. The molecule has 0 aliphatic rings. The zero-order valence-electron chi connectivity index (χ0n) is 10.4. The Hall–Kier alpha value is -2.22. The molecule has 0 radical (unpaired) electrons. The molecular formula is C16H14O2. The fraction of sp³-hybridized carbons (Fsp3) is 0.125. The normalized spacial score (nSPS) is 10.1. The molecule has 0 aliphatic heterocycles. The highest BCUT2D eigenvalue weighted by molar-refractivity contribution is 5.84. The molecule has 0 saturated heterocycles. The van der Waals surface area contributed by atoms with Crippen LogP contribution in [0.15, 0.2) is 36.4 Å². The summed E-state index contributed by atoms with van der Waals surface area (Å²) in [6, 6.07) is 11.2. The number of carbonyl (C=O) groups excluding carboxylic acids is 2. The Morgan fingerprint density at radius 3 is 1.44 bits per heavy atom. The van der Waals surface area contributed by atoms with Crippen molar-refractivity contribution in [1.82, 2.24) is 0 Å². The second-order valence-corrected chi connectivity index (χ2v) is 4.38. The van der Waals surface area contributed by atoms with Crippen molar-refractivity contribution in [3.05, 3.63) is 58.7 Å². The Morgan fingerprint density at radius 1 is 0.722 bits per heavy atom. The predicted octanol–water partition coefficient (Wildman–Crippen LogP) is 3.60. The molecule has 0 aliphatic carbocycles. The number of rotatable bonds is 3. The van der Waals surface area contributed by atoms with Gasteiger partial charge in [0.05, 0.1) is 0 Å². The van der Waals surface area contributed by atoms with Gasteiger partial charge in [0.25, 0.3) is 0 Å². The standard InChI is InChI=1S/C16H14O2/c1-11-3-5-13(9-17)7-15(11)16-8-14(10-18)6-4-12(16)2/h3-10H,1-2H3. The van der Waals surface area contributed by atoms with E-state index in [-0.39, 0.29) is 0 Å². The molecule has 0 amide bonds. The maximum absolute atomic E-state index is 10.9. The van der Waals surface area contributed by atoms with Crippen LogP contribution in [0.25, 0.3) is 11.1 Å². The number of hydrogen-bond acceptors (Lipinski definition) is 2. The summed E-state index contributed by atoms with van der Waals surface area (Å²) >= 11 is 0. The molecule has 0 atom stereocenters. The Morgan fingerprint density at radius 2 is 1.11 bits per heavy atom. The van der Waals surface area contributed by atoms with Crippen molar-refractivity contribution >= 4 is 12.6 Å². The summed E-state index contributed by atoms with van der Waals surface area (Å²) in [7, 11) is 0. The van der Waals surface area contributed by atoms with Gasteiger partial charge in [0.1, 0.15) is 12.6 Å². The highest BCUT2D eigenvalue weighted by atomic mass is 16.1. The van der Waals surface area contributed by atoms with E-state index in [2.05, 4.69) is 0 Å². The molecule has 0 saturated carbocycles. The smallest absolute Gasteiger partial charge is 0.150 e. The largest absolute Gasteiger partial charge is 0.298 e. The van der Waals surface area contributed by atoms with Gasteiger partial charge >= 0.3 is 0 Å². The van der Waals surface area contributed by atoms with E-state index >= 15 is 0 Å². The summed E-state index contributed by atoms with van der Waals surface area (Å²) < 4.78 is 0. The first-order valence-electron chi connectivity index (χ1n) is 5.77. The molecule has 90 valence electrons. The molecule has 0 unspecified atom stereocenters. The van der Waals surface area contributed by atoms with E-state index in [0.717, 1.165) is 34.8 Å². The van der Waals surface area contributed by atoms with E-state index < -0.39 is 0 Å². The minimum atomic E-state index is 0.645. The molecule has 2 rings (SSSR count). The maximum atomic E-state index is 10.9. The molecule has 0 spiro atoms. The van der Waals surface area contributed by atoms with Crippen molar-refractivity contribution < 1.29 is 9.59 Å². The lowest BCUT2D eigenvalue weighted by molar-refractivity contribution is 0.111. The zero-order valence-corrected chi connectivity index (χ0v) is 10.4. The summed E-state index contributed by atoms with van der Waals surface area (Å²) in [6.07, 6.45) is 1.67. The van der Waals surface area contributed by atoms with E-state index in [4.69, 9.17) is 0 Å². The van der Waals surface area contributed by atoms with Crippen LogP contribution in [-0.2, 0) is 0 Å². The van der Waals surface area contributed by atoms with E-state index in [1.807, 2.05) is 38.1 Å². The van der Waals surface area contributed by atoms with E-state index in [1.54, 1.807) is 12.1 Å². The lowest BCUT2D eigenvalue weighted by Crippen LogP contribution is -1.91. The number of aryl methyl sites for hydroxylation is 2. The maximum Gasteiger partial charge on any atom is 0.150 e. The molecule has 0 heterocycles. The number of benzene rings is 2. The summed E-state index contributed by atoms with van der Waals surface area (Å²) in [5.41, 5.74) is 5.47. The number of hydrogen-bond donors (Lipinski definition) is 0. The highest BCUT2D eigenvalue weighted by Crippen LogP contribution is 2.28. The van der Waals surface area contributed by atoms with Gasteiger partial charge in [-0.2, -0.15) is 0 Å². The first-order valence-corrected chi connectivity index (χ1v) is 5.77. The monoisotopic (exact) mass is 238 g/mol. The van der Waals surface area contributed by atoms with E-state index in [9.17, 15) is 9.59 Å². The van der Waals surface area contributed by atoms with Gasteiger partial charge in [-0.15, -0.1) is 0 Å². The second kappa shape index (κ2) is 4.96. The van der Waals surface area contributed by atoms with Crippen LogP contribution >= 0.6 is 0 Å². The first-order chi connectivity index (χ1) is 8.65. The lowest BCUT2D eigenvalue weighted by Gasteiger charge is -2.10. The second-order valence-electron chi connectivity index (χ2n) is 4.38. The third-order valence-corrected chi connectivity index (χ3v) is 3.09. The summed E-state index contributed by atoms with van der Waals surface area (Å²) in [6.45, 7) is 3.99. The van der Waals surface area contributed by atoms with Crippen LogP contribution in [0.2, 0.25) is 0 Å². The molecule has 0 fully saturated rings. The molecule has 2 heteroatoms. The van der Waals surface area contributed by atoms with Crippen LogP contribution in [0.3, 0.4) is 0 Å². The molecular weight excluding hydrogens is 224 g/mol. The Kier molecular flexibility index (Phi) is 3.38. The van der Waals surface area contributed by atoms with Gasteiger partial charge in [0.2, 0.25) is 0 Å². The quantitative estimate of drug-likeness (QED) is 0.766. The van der Waals surface area contributed by atoms with Gasteiger partial charge in [0, 0.05) is 11.1 Å². The topological polar surface area (TPSA) is 34.1 Å². The molecule has 18 heavy (non-hydrogen) atoms. The number of aldehydes is 2. The molecule has 2 aromatic carbocycles. The Labute approximate surface area is 106 Å². The molecule has 0 bridgehead atoms. The predicted molar refractivity (Wildman–Crippen MR) is 72.1 cm³/mol. The van der Waals surface area contributed by atoms with Crippen LogP contribution in [0.1, 0.15) is 31.8 Å². The van der Waals surface area contributed by atoms with E-state index in [1.165, 1.54) is 0 Å². The van der Waals surface area contributed by atoms with Crippen LogP contribution in [0.5, 0.6) is 0 Å². The van der Waals surface area contributed by atoms with Crippen molar-refractivity contribution in [2.24, 2.45) is 0 Å². The van der Waals surface area contributed by atoms with Gasteiger partial charge < -0.3 is 0 Å². The van der Waals surface area contributed by atoms with Gasteiger partial charge in [0.15, 0.2) is 0 Å². The molecule has 0 N–H and O–H groups in total. The molecule has 2 aromatic rings. The minimum Gasteiger partial charge on any atom is -0.298 e. The van der Waals surface area contributed by atoms with Crippen molar-refractivity contribution in [2.75, 3.05) is 0 Å². The number of carbonyl (C=O) groups is 2. The van der Waals surface area contributed by atoms with Crippen LogP contribution < -0.4 is 0 Å². The summed E-state index contributed by atoms with van der Waals surface area (Å²) in [5, 5.41) is 0. The Bertz CT molecular complexity index is 557. The third kappa shape index (κ3) is 2.23. The zero-order chi connectivity index (χ0) is 13.1. The average Bonchev–Trinajstić information content (AvgIpc) is 2.40. The van der Waals surface area contributed by atoms with Gasteiger partial charge in [-0.25, -0.2) is 0 Å². The average molecular weight is 238 g/mol. The van der Waals surface area contributed by atoms with Crippen molar-refractivity contribution in [1.29, 1.82) is 0 Å². The summed E-state index contributed by atoms with van der Waals surface area (Å²) in [5.74, 6) is 0. The lowest BCUT2D eigenvalue weighted by atomic mass is 9.94. The van der Waals surface area contributed by atoms with Crippen molar-refractivity contribution in [2.45, 2.75) is 13.8 Å². The van der Waals surface area contributed by atoms with Gasteiger partial charge in [-0.1, -0.05) is 24.3 Å². The SMILES string of the molecule is Cc1ccc(C=O)cc1-c1cc(C=O)ccc1C. The fourth-order valence-electron chi connectivity index (χ4n) is 2.01. The Balaban J connectivity index is 2.67. The van der Waals surface area contributed by atoms with Crippen LogP contribution in [0, 0.1) is 13.8 Å². The van der Waals surface area contributed by atoms with Crippen LogP contribution in [0.4, 0.5) is 0 Å². The van der Waals surface area contributed by atoms with Crippen LogP contribution in [-0.4, -0.2) is 12.6 Å². The van der Waals surface area contributed by atoms with Gasteiger partial charge in [-0.05, 0) is 48.2 Å². The van der Waals surface area contributed by atoms with E-state index in [0.29, 0.717) is 11.1 Å². The van der Waals surface area contributed by atoms with Gasteiger partial charge in [-0.3, -0.25) is 9.59 Å². The summed E-state index contributed by atoms with van der Waals surface area (Å²) in [4.78, 5) is 21.7. The highest BCUT2D eigenvalue weighted by Gasteiger charge is 2.07. The van der Waals surface area contributed by atoms with Crippen molar-refractivity contribution in [3.63, 3.8) is 0 Å². The van der Waals surface area contributed by atoms with Crippen molar-refractivity contribution in [3.8, 4) is 11.1 Å². The minimum absolute atomic E-state index is 0.645. The first kappa shape index (κ1) is 12.2. The molecule has 2 nitrogen and oxygen atoms in total.